The first-order valence-electron chi connectivity index (χ1n) is 10.9. The molecule has 1 fully saturated rings. The van der Waals surface area contributed by atoms with Crippen LogP contribution in [-0.4, -0.2) is 61.3 Å². The summed E-state index contributed by atoms with van der Waals surface area (Å²) in [6, 6.07) is 18.3. The smallest absolute Gasteiger partial charge is 0.159 e. The van der Waals surface area contributed by atoms with Crippen LogP contribution in [0.25, 0.3) is 32.0 Å². The number of benzene rings is 2. The van der Waals surface area contributed by atoms with Crippen molar-refractivity contribution in [2.75, 3.05) is 46.4 Å². The number of thiophene rings is 1. The van der Waals surface area contributed by atoms with E-state index in [1.807, 2.05) is 42.6 Å². The van der Waals surface area contributed by atoms with E-state index >= 15 is 0 Å². The second-order valence-corrected chi connectivity index (χ2v) is 8.83. The Morgan fingerprint density at radius 3 is 2.66 bits per heavy atom. The maximum Gasteiger partial charge on any atom is 0.159 e. The third-order valence-corrected chi connectivity index (χ3v) is 6.73. The molecule has 32 heavy (non-hydrogen) atoms. The average molecular weight is 447 g/mol. The molecule has 1 aliphatic heterocycles. The summed E-state index contributed by atoms with van der Waals surface area (Å²) in [5.74, 6) is 2.41. The molecule has 6 nitrogen and oxygen atoms in total. The predicted octanol–water partition coefficient (Wildman–Crippen LogP) is 4.32. The molecule has 0 saturated carbocycles. The van der Waals surface area contributed by atoms with Gasteiger partial charge in [0, 0.05) is 49.4 Å². The zero-order valence-electron chi connectivity index (χ0n) is 18.1. The fourth-order valence-electron chi connectivity index (χ4n) is 3.82. The monoisotopic (exact) mass is 446 g/mol. The number of piperazine rings is 1. The summed E-state index contributed by atoms with van der Waals surface area (Å²) in [6.45, 7) is 6.00. The SMILES string of the molecule is COc1cccc(-c2ncc3sc(-c4ccc(OCCN5CCNCC5)cc4)cc3n2)c1. The normalized spacial score (nSPS) is 14.5. The van der Waals surface area contributed by atoms with Crippen LogP contribution in [0.3, 0.4) is 0 Å². The number of fused-ring (bicyclic) bond motifs is 1. The summed E-state index contributed by atoms with van der Waals surface area (Å²) >= 11 is 1.70. The van der Waals surface area contributed by atoms with E-state index in [4.69, 9.17) is 14.5 Å². The fraction of sp³-hybridized carbons (Fsp3) is 0.280. The number of nitrogens with one attached hydrogen (secondary N) is 1. The van der Waals surface area contributed by atoms with E-state index < -0.39 is 0 Å². The lowest BCUT2D eigenvalue weighted by atomic mass is 10.2. The van der Waals surface area contributed by atoms with Crippen molar-refractivity contribution in [2.45, 2.75) is 0 Å². The predicted molar refractivity (Wildman–Crippen MR) is 130 cm³/mol. The number of ether oxygens (including phenoxy) is 2. The maximum atomic E-state index is 5.95. The van der Waals surface area contributed by atoms with Crippen LogP contribution in [0, 0.1) is 0 Å². The molecule has 0 amide bonds. The van der Waals surface area contributed by atoms with Gasteiger partial charge in [0.05, 0.1) is 17.3 Å². The van der Waals surface area contributed by atoms with Crippen LogP contribution in [0.2, 0.25) is 0 Å². The summed E-state index contributed by atoms with van der Waals surface area (Å²) in [4.78, 5) is 12.9. The Morgan fingerprint density at radius 2 is 1.84 bits per heavy atom. The van der Waals surface area contributed by atoms with Crippen LogP contribution in [0.15, 0.2) is 60.8 Å². The minimum Gasteiger partial charge on any atom is -0.497 e. The third-order valence-electron chi connectivity index (χ3n) is 5.62. The first-order chi connectivity index (χ1) is 15.8. The summed E-state index contributed by atoms with van der Waals surface area (Å²) < 4.78 is 12.3. The number of methoxy groups -OCH3 is 1. The molecule has 0 spiro atoms. The van der Waals surface area contributed by atoms with Gasteiger partial charge in [0.2, 0.25) is 0 Å². The van der Waals surface area contributed by atoms with Crippen molar-refractivity contribution in [2.24, 2.45) is 0 Å². The number of hydrogen-bond donors (Lipinski definition) is 1. The summed E-state index contributed by atoms with van der Waals surface area (Å²) in [7, 11) is 1.66. The van der Waals surface area contributed by atoms with Crippen LogP contribution in [0.1, 0.15) is 0 Å². The minimum atomic E-state index is 0.703. The van der Waals surface area contributed by atoms with Crippen LogP contribution >= 0.6 is 11.3 Å². The van der Waals surface area contributed by atoms with Crippen molar-refractivity contribution >= 4 is 21.6 Å². The lowest BCUT2D eigenvalue weighted by Gasteiger charge is -2.26. The second-order valence-electron chi connectivity index (χ2n) is 7.75. The van der Waals surface area contributed by atoms with Gasteiger partial charge in [-0.25, -0.2) is 9.97 Å². The molecular weight excluding hydrogens is 420 g/mol. The Kier molecular flexibility index (Phi) is 6.29. The molecule has 5 rings (SSSR count). The molecule has 164 valence electrons. The number of hydrogen-bond acceptors (Lipinski definition) is 7. The lowest BCUT2D eigenvalue weighted by Crippen LogP contribution is -2.44. The number of rotatable bonds is 7. The van der Waals surface area contributed by atoms with Gasteiger partial charge in [0.25, 0.3) is 0 Å². The Hall–Kier alpha value is -3.00. The van der Waals surface area contributed by atoms with Crippen LogP contribution < -0.4 is 14.8 Å². The van der Waals surface area contributed by atoms with Gasteiger partial charge in [-0.05, 0) is 48.0 Å². The molecule has 0 radical (unpaired) electrons. The van der Waals surface area contributed by atoms with Crippen molar-refractivity contribution in [1.29, 1.82) is 0 Å². The van der Waals surface area contributed by atoms with E-state index in [0.717, 1.165) is 65.6 Å². The zero-order chi connectivity index (χ0) is 21.8. The molecule has 4 aromatic rings. The van der Waals surface area contributed by atoms with E-state index in [0.29, 0.717) is 12.4 Å². The van der Waals surface area contributed by atoms with Gasteiger partial charge in [0.1, 0.15) is 18.1 Å². The van der Waals surface area contributed by atoms with Gasteiger partial charge in [-0.2, -0.15) is 0 Å². The van der Waals surface area contributed by atoms with Crippen LogP contribution in [-0.2, 0) is 0 Å². The molecule has 0 bridgehead atoms. The van der Waals surface area contributed by atoms with Crippen molar-refractivity contribution < 1.29 is 9.47 Å². The van der Waals surface area contributed by atoms with Gasteiger partial charge < -0.3 is 14.8 Å². The molecule has 1 N–H and O–H groups in total. The Balaban J connectivity index is 1.27. The van der Waals surface area contributed by atoms with Crippen molar-refractivity contribution in [3.63, 3.8) is 0 Å². The maximum absolute atomic E-state index is 5.95. The van der Waals surface area contributed by atoms with Gasteiger partial charge in [0.15, 0.2) is 5.82 Å². The minimum absolute atomic E-state index is 0.703. The molecule has 3 heterocycles. The lowest BCUT2D eigenvalue weighted by molar-refractivity contribution is 0.191. The van der Waals surface area contributed by atoms with Gasteiger partial charge in [-0.3, -0.25) is 4.90 Å². The van der Waals surface area contributed by atoms with Crippen molar-refractivity contribution in [3.05, 3.63) is 60.8 Å². The highest BCUT2D eigenvalue weighted by molar-refractivity contribution is 7.22. The van der Waals surface area contributed by atoms with E-state index in [-0.39, 0.29) is 0 Å². The molecule has 1 aliphatic rings. The van der Waals surface area contributed by atoms with Crippen molar-refractivity contribution in [1.82, 2.24) is 20.2 Å². The number of aromatic nitrogens is 2. The molecule has 1 saturated heterocycles. The topological polar surface area (TPSA) is 59.5 Å². The molecule has 0 unspecified atom stereocenters. The van der Waals surface area contributed by atoms with E-state index in [1.54, 1.807) is 18.4 Å². The van der Waals surface area contributed by atoms with Crippen LogP contribution in [0.5, 0.6) is 11.5 Å². The molecular formula is C25H26N4O2S. The second kappa shape index (κ2) is 9.65. The Morgan fingerprint density at radius 1 is 1.00 bits per heavy atom. The fourth-order valence-corrected chi connectivity index (χ4v) is 4.80. The molecule has 0 aliphatic carbocycles. The third kappa shape index (κ3) is 4.75. The highest BCUT2D eigenvalue weighted by atomic mass is 32.1. The first-order valence-corrected chi connectivity index (χ1v) is 11.7. The van der Waals surface area contributed by atoms with Gasteiger partial charge in [-0.15, -0.1) is 11.3 Å². The zero-order valence-corrected chi connectivity index (χ0v) is 18.9. The summed E-state index contributed by atoms with van der Waals surface area (Å²) in [5, 5.41) is 3.38. The molecule has 2 aromatic heterocycles. The van der Waals surface area contributed by atoms with Crippen LogP contribution in [0.4, 0.5) is 0 Å². The van der Waals surface area contributed by atoms with E-state index in [9.17, 15) is 0 Å². The Bertz CT molecular complexity index is 1190. The largest absolute Gasteiger partial charge is 0.497 e. The quantitative estimate of drug-likeness (QED) is 0.456. The Labute approximate surface area is 191 Å². The average Bonchev–Trinajstić information content (AvgIpc) is 3.29. The summed E-state index contributed by atoms with van der Waals surface area (Å²) in [5.41, 5.74) is 3.06. The molecule has 7 heteroatoms. The highest BCUT2D eigenvalue weighted by Crippen LogP contribution is 2.34. The van der Waals surface area contributed by atoms with Gasteiger partial charge >= 0.3 is 0 Å². The number of nitrogens with zero attached hydrogens (tertiary/aromatic N) is 3. The first kappa shape index (κ1) is 20.9. The van der Waals surface area contributed by atoms with Gasteiger partial charge in [-0.1, -0.05) is 12.1 Å². The highest BCUT2D eigenvalue weighted by Gasteiger charge is 2.11. The summed E-state index contributed by atoms with van der Waals surface area (Å²) in [6.07, 6.45) is 1.90. The molecule has 2 aromatic carbocycles. The van der Waals surface area contributed by atoms with E-state index in [1.165, 1.54) is 4.88 Å². The van der Waals surface area contributed by atoms with Crippen molar-refractivity contribution in [3.8, 4) is 33.3 Å². The van der Waals surface area contributed by atoms with E-state index in [2.05, 4.69) is 33.4 Å². The molecule has 0 atom stereocenters. The standard InChI is InChI=1S/C25H26N4O2S/c1-30-21-4-2-3-19(15-21)25-27-17-24-22(28-25)16-23(32-24)18-5-7-20(8-6-18)31-14-13-29-11-9-26-10-12-29/h2-8,15-17,26H,9-14H2,1H3.